The first-order valence-corrected chi connectivity index (χ1v) is 8.95. The molecule has 0 fully saturated rings. The van der Waals surface area contributed by atoms with Crippen LogP contribution in [0.25, 0.3) is 0 Å². The van der Waals surface area contributed by atoms with Crippen LogP contribution < -0.4 is 15.8 Å². The molecule has 0 heterocycles. The Morgan fingerprint density at radius 1 is 1.00 bits per heavy atom. The summed E-state index contributed by atoms with van der Waals surface area (Å²) in [5.74, 6) is -1.16. The first kappa shape index (κ1) is 21.0. The van der Waals surface area contributed by atoms with E-state index in [1.54, 1.807) is 0 Å². The Morgan fingerprint density at radius 2 is 1.68 bits per heavy atom. The minimum Gasteiger partial charge on any atom is -0.484 e. The van der Waals surface area contributed by atoms with E-state index in [0.29, 0.717) is 5.75 Å². The molecule has 0 bridgehead atoms. The average molecular weight is 384 g/mol. The smallest absolute Gasteiger partial charge is 0.338 e. The maximum Gasteiger partial charge on any atom is 0.338 e. The van der Waals surface area contributed by atoms with Gasteiger partial charge in [0.25, 0.3) is 11.8 Å². The van der Waals surface area contributed by atoms with E-state index in [9.17, 15) is 14.4 Å². The van der Waals surface area contributed by atoms with E-state index >= 15 is 0 Å². The Kier molecular flexibility index (Phi) is 8.02. The SMILES string of the molecule is C[C@H](CCc1ccccc1)NC(=O)COC(=O)c1ccc(OCC(N)=O)cc1. The molecule has 0 aromatic heterocycles. The van der Waals surface area contributed by atoms with Crippen molar-refractivity contribution in [3.05, 3.63) is 65.7 Å². The van der Waals surface area contributed by atoms with Crippen molar-refractivity contribution >= 4 is 17.8 Å². The van der Waals surface area contributed by atoms with Crippen molar-refractivity contribution in [2.24, 2.45) is 5.73 Å². The van der Waals surface area contributed by atoms with Gasteiger partial charge < -0.3 is 20.5 Å². The Hall–Kier alpha value is -3.35. The number of rotatable bonds is 10. The molecule has 2 aromatic carbocycles. The fourth-order valence-electron chi connectivity index (χ4n) is 2.47. The van der Waals surface area contributed by atoms with Gasteiger partial charge in [-0.25, -0.2) is 4.79 Å². The van der Waals surface area contributed by atoms with E-state index in [4.69, 9.17) is 15.2 Å². The molecule has 1 atom stereocenters. The standard InChI is InChI=1S/C21H24N2O5/c1-15(7-8-16-5-3-2-4-6-16)23-20(25)14-28-21(26)17-9-11-18(12-10-17)27-13-19(22)24/h2-6,9-12,15H,7-8,13-14H2,1H3,(H2,22,24)(H,23,25)/t15-/m1/s1. The van der Waals surface area contributed by atoms with Gasteiger partial charge in [0.15, 0.2) is 13.2 Å². The number of aryl methyl sites for hydroxylation is 1. The van der Waals surface area contributed by atoms with Crippen LogP contribution >= 0.6 is 0 Å². The summed E-state index contributed by atoms with van der Waals surface area (Å²) in [7, 11) is 0. The quantitative estimate of drug-likeness (QED) is 0.608. The van der Waals surface area contributed by atoms with Crippen molar-refractivity contribution in [3.63, 3.8) is 0 Å². The third kappa shape index (κ3) is 7.49. The van der Waals surface area contributed by atoms with Crippen LogP contribution in [0.5, 0.6) is 5.75 Å². The predicted molar refractivity (Wildman–Crippen MR) is 104 cm³/mol. The molecule has 0 aliphatic heterocycles. The van der Waals surface area contributed by atoms with Gasteiger partial charge in [-0.1, -0.05) is 30.3 Å². The number of nitrogens with two attached hydrogens (primary N) is 1. The minimum absolute atomic E-state index is 0.0342. The Labute approximate surface area is 163 Å². The highest BCUT2D eigenvalue weighted by molar-refractivity contribution is 5.91. The highest BCUT2D eigenvalue weighted by atomic mass is 16.5. The molecule has 2 aromatic rings. The van der Waals surface area contributed by atoms with Crippen molar-refractivity contribution in [3.8, 4) is 5.75 Å². The second-order valence-electron chi connectivity index (χ2n) is 6.35. The van der Waals surface area contributed by atoms with Gasteiger partial charge >= 0.3 is 5.97 Å². The zero-order chi connectivity index (χ0) is 20.4. The average Bonchev–Trinajstić information content (AvgIpc) is 2.70. The maximum absolute atomic E-state index is 12.0. The third-order valence-electron chi connectivity index (χ3n) is 3.92. The van der Waals surface area contributed by atoms with Crippen LogP contribution in [0, 0.1) is 0 Å². The molecule has 0 aliphatic rings. The number of nitrogens with one attached hydrogen (secondary N) is 1. The van der Waals surface area contributed by atoms with Crippen LogP contribution in [0.15, 0.2) is 54.6 Å². The second kappa shape index (κ2) is 10.7. The summed E-state index contributed by atoms with van der Waals surface area (Å²) in [4.78, 5) is 34.6. The number of hydrogen-bond acceptors (Lipinski definition) is 5. The van der Waals surface area contributed by atoms with E-state index in [0.717, 1.165) is 12.8 Å². The van der Waals surface area contributed by atoms with E-state index in [-0.39, 0.29) is 30.7 Å². The van der Waals surface area contributed by atoms with Crippen LogP contribution in [0.2, 0.25) is 0 Å². The van der Waals surface area contributed by atoms with Crippen LogP contribution in [-0.4, -0.2) is 37.0 Å². The molecule has 0 radical (unpaired) electrons. The van der Waals surface area contributed by atoms with Gasteiger partial charge in [-0.05, 0) is 49.6 Å². The van der Waals surface area contributed by atoms with Gasteiger partial charge in [0.2, 0.25) is 0 Å². The van der Waals surface area contributed by atoms with E-state index in [1.807, 2.05) is 37.3 Å². The molecule has 0 saturated heterocycles. The zero-order valence-electron chi connectivity index (χ0n) is 15.7. The topological polar surface area (TPSA) is 108 Å². The third-order valence-corrected chi connectivity index (χ3v) is 3.92. The van der Waals surface area contributed by atoms with E-state index < -0.39 is 11.9 Å². The molecule has 7 heteroatoms. The first-order chi connectivity index (χ1) is 13.4. The van der Waals surface area contributed by atoms with Gasteiger partial charge in [-0.15, -0.1) is 0 Å². The van der Waals surface area contributed by atoms with Crippen molar-refractivity contribution in [2.75, 3.05) is 13.2 Å². The highest BCUT2D eigenvalue weighted by Crippen LogP contribution is 2.13. The lowest BCUT2D eigenvalue weighted by Crippen LogP contribution is -2.36. The molecule has 2 rings (SSSR count). The lowest BCUT2D eigenvalue weighted by molar-refractivity contribution is -0.124. The second-order valence-corrected chi connectivity index (χ2v) is 6.35. The van der Waals surface area contributed by atoms with E-state index in [2.05, 4.69) is 5.32 Å². The van der Waals surface area contributed by atoms with Crippen molar-refractivity contribution in [1.29, 1.82) is 0 Å². The fraction of sp³-hybridized carbons (Fsp3) is 0.286. The Balaban J connectivity index is 1.71. The molecule has 0 saturated carbocycles. The van der Waals surface area contributed by atoms with Gasteiger partial charge in [-0.3, -0.25) is 9.59 Å². The number of esters is 1. The lowest BCUT2D eigenvalue weighted by Gasteiger charge is -2.14. The number of benzene rings is 2. The van der Waals surface area contributed by atoms with Gasteiger partial charge in [0.1, 0.15) is 5.75 Å². The number of hydrogen-bond donors (Lipinski definition) is 2. The molecule has 2 amide bonds. The fourth-order valence-corrected chi connectivity index (χ4v) is 2.47. The maximum atomic E-state index is 12.0. The summed E-state index contributed by atoms with van der Waals surface area (Å²) in [6, 6.07) is 16.0. The van der Waals surface area contributed by atoms with Crippen LogP contribution in [-0.2, 0) is 20.7 Å². The minimum atomic E-state index is -0.617. The largest absolute Gasteiger partial charge is 0.484 e. The summed E-state index contributed by atoms with van der Waals surface area (Å²) >= 11 is 0. The highest BCUT2D eigenvalue weighted by Gasteiger charge is 2.12. The Bertz CT molecular complexity index is 790. The van der Waals surface area contributed by atoms with Gasteiger partial charge in [0.05, 0.1) is 5.56 Å². The monoisotopic (exact) mass is 384 g/mol. The Morgan fingerprint density at radius 3 is 2.32 bits per heavy atom. The van der Waals surface area contributed by atoms with Gasteiger partial charge in [0, 0.05) is 6.04 Å². The first-order valence-electron chi connectivity index (χ1n) is 8.95. The molecule has 28 heavy (non-hydrogen) atoms. The molecular formula is C21H24N2O5. The van der Waals surface area contributed by atoms with Crippen LogP contribution in [0.3, 0.4) is 0 Å². The number of carbonyl (C=O) groups excluding carboxylic acids is 3. The van der Waals surface area contributed by atoms with Crippen LogP contribution in [0.4, 0.5) is 0 Å². The molecule has 0 aliphatic carbocycles. The molecule has 3 N–H and O–H groups in total. The van der Waals surface area contributed by atoms with Crippen molar-refractivity contribution in [2.45, 2.75) is 25.8 Å². The molecule has 0 unspecified atom stereocenters. The molecule has 0 spiro atoms. The van der Waals surface area contributed by atoms with E-state index in [1.165, 1.54) is 29.8 Å². The summed E-state index contributed by atoms with van der Waals surface area (Å²) < 4.78 is 10.1. The summed E-state index contributed by atoms with van der Waals surface area (Å²) in [5.41, 5.74) is 6.47. The lowest BCUT2D eigenvalue weighted by atomic mass is 10.1. The number of carbonyl (C=O) groups is 3. The molecule has 148 valence electrons. The predicted octanol–water partition coefficient (Wildman–Crippen LogP) is 1.84. The number of ether oxygens (including phenoxy) is 2. The van der Waals surface area contributed by atoms with Crippen molar-refractivity contribution in [1.82, 2.24) is 5.32 Å². The summed E-state index contributed by atoms with van der Waals surface area (Å²) in [6.07, 6.45) is 1.64. The van der Waals surface area contributed by atoms with Crippen molar-refractivity contribution < 1.29 is 23.9 Å². The molecular weight excluding hydrogens is 360 g/mol. The van der Waals surface area contributed by atoms with Crippen LogP contribution in [0.1, 0.15) is 29.3 Å². The number of primary amides is 1. The normalized spacial score (nSPS) is 11.3. The zero-order valence-corrected chi connectivity index (χ0v) is 15.7. The van der Waals surface area contributed by atoms with Gasteiger partial charge in [-0.2, -0.15) is 0 Å². The summed E-state index contributed by atoms with van der Waals surface area (Å²) in [6.45, 7) is 1.31. The molecule has 7 nitrogen and oxygen atoms in total. The number of amides is 2. The summed E-state index contributed by atoms with van der Waals surface area (Å²) in [5, 5.41) is 2.81.